The first-order chi connectivity index (χ1) is 3.63. The van der Waals surface area contributed by atoms with E-state index in [0.29, 0.717) is 0 Å². The van der Waals surface area contributed by atoms with Gasteiger partial charge in [0.1, 0.15) is 0 Å². The second-order valence-corrected chi connectivity index (χ2v) is 2.20. The Bertz CT molecular complexity index is 70.6. The van der Waals surface area contributed by atoms with Crippen molar-refractivity contribution in [1.29, 1.82) is 0 Å². The van der Waals surface area contributed by atoms with E-state index in [1.807, 2.05) is 0 Å². The predicted molar refractivity (Wildman–Crippen MR) is 31.7 cm³/mol. The Morgan fingerprint density at radius 1 is 1.62 bits per heavy atom. The van der Waals surface area contributed by atoms with Gasteiger partial charge in [0, 0.05) is 6.92 Å². The molecule has 2 heteroatoms. The van der Waals surface area contributed by atoms with Crippen LogP contribution in [0.3, 0.4) is 0 Å². The second-order valence-electron chi connectivity index (χ2n) is 2.20. The Hall–Kier alpha value is -0.530. The first-order valence-corrected chi connectivity index (χ1v) is 2.82. The van der Waals surface area contributed by atoms with Crippen LogP contribution < -0.4 is 0 Å². The van der Waals surface area contributed by atoms with Gasteiger partial charge >= 0.3 is 0 Å². The van der Waals surface area contributed by atoms with Gasteiger partial charge in [0.05, 0.1) is 0 Å². The zero-order valence-electron chi connectivity index (χ0n) is 5.35. The minimum Gasteiger partial charge on any atom is -0.481 e. The Morgan fingerprint density at radius 3 is 1.75 bits per heavy atom. The molecule has 1 aliphatic rings. The highest BCUT2D eigenvalue weighted by atomic mass is 16.4. The third kappa shape index (κ3) is 17.9. The molecule has 0 heterocycles. The minimum absolute atomic E-state index is 0.833. The molecule has 2 nitrogen and oxygen atoms in total. The van der Waals surface area contributed by atoms with Gasteiger partial charge in [0.2, 0.25) is 0 Å². The molecule has 0 aliphatic heterocycles. The molecule has 0 radical (unpaired) electrons. The molecule has 1 aliphatic carbocycles. The van der Waals surface area contributed by atoms with Crippen molar-refractivity contribution >= 4 is 5.97 Å². The lowest BCUT2D eigenvalue weighted by atomic mass is 10.5. The van der Waals surface area contributed by atoms with Crippen molar-refractivity contribution < 1.29 is 9.90 Å². The number of carbonyl (C=O) groups is 1. The molecule has 0 saturated heterocycles. The van der Waals surface area contributed by atoms with Crippen LogP contribution >= 0.6 is 0 Å². The van der Waals surface area contributed by atoms with Crippen LogP contribution in [0.5, 0.6) is 0 Å². The predicted octanol–water partition coefficient (Wildman–Crippen LogP) is 1.51. The van der Waals surface area contributed by atoms with Crippen LogP contribution in [0.25, 0.3) is 0 Å². The number of carboxylic acid groups (broad SMARTS) is 1. The molecular formula is C6H12O2. The van der Waals surface area contributed by atoms with E-state index in [4.69, 9.17) is 9.90 Å². The number of rotatable bonds is 0. The fraction of sp³-hybridized carbons (Fsp3) is 0.833. The van der Waals surface area contributed by atoms with E-state index in [2.05, 4.69) is 6.92 Å². The van der Waals surface area contributed by atoms with Gasteiger partial charge < -0.3 is 5.11 Å². The molecule has 48 valence electrons. The van der Waals surface area contributed by atoms with Crippen LogP contribution in [0.2, 0.25) is 0 Å². The van der Waals surface area contributed by atoms with Gasteiger partial charge in [-0.05, 0) is 5.92 Å². The molecule has 0 aromatic rings. The Morgan fingerprint density at radius 2 is 1.75 bits per heavy atom. The third-order valence-electron chi connectivity index (χ3n) is 0.866. The topological polar surface area (TPSA) is 37.3 Å². The highest BCUT2D eigenvalue weighted by molar-refractivity contribution is 5.62. The molecule has 1 N–H and O–H groups in total. The number of carboxylic acids is 1. The molecule has 0 aromatic heterocycles. The lowest BCUT2D eigenvalue weighted by molar-refractivity contribution is -0.134. The third-order valence-corrected chi connectivity index (χ3v) is 0.866. The molecule has 1 fully saturated rings. The van der Waals surface area contributed by atoms with Crippen molar-refractivity contribution in [3.63, 3.8) is 0 Å². The molecular weight excluding hydrogens is 104 g/mol. The highest BCUT2D eigenvalue weighted by Gasteiger charge is 2.12. The molecule has 0 atom stereocenters. The van der Waals surface area contributed by atoms with Gasteiger partial charge in [-0.2, -0.15) is 0 Å². The van der Waals surface area contributed by atoms with Crippen molar-refractivity contribution in [2.75, 3.05) is 0 Å². The highest BCUT2D eigenvalue weighted by Crippen LogP contribution is 2.26. The molecule has 1 saturated carbocycles. The van der Waals surface area contributed by atoms with Gasteiger partial charge in [-0.3, -0.25) is 4.79 Å². The molecule has 0 amide bonds. The second kappa shape index (κ2) is 3.47. The minimum atomic E-state index is -0.833. The summed E-state index contributed by atoms with van der Waals surface area (Å²) >= 11 is 0. The lowest BCUT2D eigenvalue weighted by Crippen LogP contribution is -1.78. The van der Waals surface area contributed by atoms with E-state index in [1.54, 1.807) is 0 Å². The molecule has 0 spiro atoms. The van der Waals surface area contributed by atoms with Crippen LogP contribution in [0.15, 0.2) is 0 Å². The molecule has 8 heavy (non-hydrogen) atoms. The van der Waals surface area contributed by atoms with Crippen molar-refractivity contribution in [1.82, 2.24) is 0 Å². The van der Waals surface area contributed by atoms with Crippen LogP contribution in [0.4, 0.5) is 0 Å². The van der Waals surface area contributed by atoms with Gasteiger partial charge in [0.15, 0.2) is 0 Å². The molecule has 0 bridgehead atoms. The normalized spacial score (nSPS) is 16.2. The summed E-state index contributed by atoms with van der Waals surface area (Å²) in [4.78, 5) is 9.00. The quantitative estimate of drug-likeness (QED) is 0.520. The van der Waals surface area contributed by atoms with Crippen molar-refractivity contribution in [2.24, 2.45) is 5.92 Å². The van der Waals surface area contributed by atoms with Crippen molar-refractivity contribution in [2.45, 2.75) is 26.7 Å². The van der Waals surface area contributed by atoms with Gasteiger partial charge in [-0.25, -0.2) is 0 Å². The maximum atomic E-state index is 9.00. The van der Waals surface area contributed by atoms with E-state index in [9.17, 15) is 0 Å². The summed E-state index contributed by atoms with van der Waals surface area (Å²) in [6, 6.07) is 0. The van der Waals surface area contributed by atoms with Crippen molar-refractivity contribution in [3.05, 3.63) is 0 Å². The maximum Gasteiger partial charge on any atom is 0.300 e. The first-order valence-electron chi connectivity index (χ1n) is 2.82. The summed E-state index contributed by atoms with van der Waals surface area (Å²) in [5.74, 6) is 0.250. The average molecular weight is 116 g/mol. The number of hydrogen-bond acceptors (Lipinski definition) is 1. The van der Waals surface area contributed by atoms with Gasteiger partial charge in [-0.1, -0.05) is 19.8 Å². The maximum absolute atomic E-state index is 9.00. The fourth-order valence-corrected chi connectivity index (χ4v) is 0.167. The molecule has 0 aromatic carbocycles. The van der Waals surface area contributed by atoms with E-state index in [-0.39, 0.29) is 0 Å². The SMILES string of the molecule is CC(=O)O.CC1CC1. The van der Waals surface area contributed by atoms with Crippen LogP contribution in [-0.2, 0) is 4.79 Å². The van der Waals surface area contributed by atoms with E-state index >= 15 is 0 Å². The standard InChI is InChI=1S/C4H8.C2H4O2/c1-4-2-3-4;1-2(3)4/h4H,2-3H2,1H3;1H3,(H,3,4). The van der Waals surface area contributed by atoms with Crippen LogP contribution in [-0.4, -0.2) is 11.1 Å². The van der Waals surface area contributed by atoms with E-state index in [1.165, 1.54) is 12.8 Å². The average Bonchev–Trinajstić information content (AvgIpc) is 2.19. The zero-order valence-corrected chi connectivity index (χ0v) is 5.35. The summed E-state index contributed by atoms with van der Waals surface area (Å²) in [5.41, 5.74) is 0. The molecule has 0 unspecified atom stereocenters. The Labute approximate surface area is 49.5 Å². The summed E-state index contributed by atoms with van der Waals surface area (Å²) in [5, 5.41) is 7.42. The first kappa shape index (κ1) is 7.47. The smallest absolute Gasteiger partial charge is 0.300 e. The summed E-state index contributed by atoms with van der Waals surface area (Å²) in [7, 11) is 0. The van der Waals surface area contributed by atoms with Crippen molar-refractivity contribution in [3.8, 4) is 0 Å². The Kier molecular flexibility index (Phi) is 3.24. The monoisotopic (exact) mass is 116 g/mol. The summed E-state index contributed by atoms with van der Waals surface area (Å²) in [6.07, 6.45) is 2.97. The summed E-state index contributed by atoms with van der Waals surface area (Å²) < 4.78 is 0. The fourth-order valence-electron chi connectivity index (χ4n) is 0.167. The number of aliphatic carboxylic acids is 1. The van der Waals surface area contributed by atoms with Crippen LogP contribution in [0, 0.1) is 5.92 Å². The largest absolute Gasteiger partial charge is 0.481 e. The Balaban J connectivity index is 0.000000122. The number of hydrogen-bond donors (Lipinski definition) is 1. The van der Waals surface area contributed by atoms with Gasteiger partial charge in [0.25, 0.3) is 5.97 Å². The van der Waals surface area contributed by atoms with Crippen LogP contribution in [0.1, 0.15) is 26.7 Å². The van der Waals surface area contributed by atoms with E-state index in [0.717, 1.165) is 12.8 Å². The van der Waals surface area contributed by atoms with Gasteiger partial charge in [-0.15, -0.1) is 0 Å². The zero-order chi connectivity index (χ0) is 6.57. The van der Waals surface area contributed by atoms with E-state index < -0.39 is 5.97 Å². The molecule has 1 rings (SSSR count). The summed E-state index contributed by atoms with van der Waals surface area (Å²) in [6.45, 7) is 3.36. The lowest BCUT2D eigenvalue weighted by Gasteiger charge is -1.59.